The largest absolute Gasteiger partial charge is 0.480 e. The monoisotopic (exact) mass is 377 g/mol. The van der Waals surface area contributed by atoms with E-state index in [0.29, 0.717) is 18.1 Å². The van der Waals surface area contributed by atoms with Crippen LogP contribution in [-0.4, -0.2) is 71.7 Å². The minimum atomic E-state index is -0.735. The highest BCUT2D eigenvalue weighted by molar-refractivity contribution is 5.69. The fourth-order valence-electron chi connectivity index (χ4n) is 4.29. The average Bonchev–Trinajstić information content (AvgIpc) is 2.63. The van der Waals surface area contributed by atoms with Gasteiger partial charge in [-0.05, 0) is 69.4 Å². The molecule has 5 nitrogen and oxygen atoms in total. The first-order chi connectivity index (χ1) is 13.0. The van der Waals surface area contributed by atoms with Gasteiger partial charge in [-0.1, -0.05) is 19.1 Å². The van der Waals surface area contributed by atoms with Crippen LogP contribution in [0.4, 0.5) is 4.39 Å². The van der Waals surface area contributed by atoms with Gasteiger partial charge in [0.2, 0.25) is 0 Å². The Kier molecular flexibility index (Phi) is 7.21. The van der Waals surface area contributed by atoms with Crippen molar-refractivity contribution in [3.8, 4) is 0 Å². The Balaban J connectivity index is 1.31. The molecular weight excluding hydrogens is 345 g/mol. The fraction of sp³-hybridized carbons (Fsp3) is 0.667. The number of carboxylic acids is 1. The normalized spacial score (nSPS) is 24.1. The Bertz CT molecular complexity index is 596. The number of benzene rings is 1. The zero-order valence-corrected chi connectivity index (χ0v) is 16.2. The summed E-state index contributed by atoms with van der Waals surface area (Å²) in [6, 6.07) is 8.35. The molecule has 0 radical (unpaired) electrons. The second-order valence-corrected chi connectivity index (χ2v) is 7.94. The molecule has 0 unspecified atom stereocenters. The van der Waals surface area contributed by atoms with Crippen LogP contribution in [0.25, 0.3) is 0 Å². The summed E-state index contributed by atoms with van der Waals surface area (Å²) < 4.78 is 13.0. The van der Waals surface area contributed by atoms with Crippen LogP contribution < -0.4 is 5.32 Å². The van der Waals surface area contributed by atoms with Crippen LogP contribution in [0, 0.1) is 5.82 Å². The molecule has 3 rings (SSSR count). The van der Waals surface area contributed by atoms with Gasteiger partial charge in [0.15, 0.2) is 0 Å². The average molecular weight is 378 g/mol. The van der Waals surface area contributed by atoms with E-state index in [0.717, 1.165) is 58.3 Å². The predicted octanol–water partition coefficient (Wildman–Crippen LogP) is 2.36. The van der Waals surface area contributed by atoms with Crippen molar-refractivity contribution in [1.82, 2.24) is 15.1 Å². The van der Waals surface area contributed by atoms with Gasteiger partial charge in [0, 0.05) is 24.7 Å². The number of likely N-dealkylation sites (N-methyl/N-ethyl adjacent to an activating group) is 1. The van der Waals surface area contributed by atoms with Crippen molar-refractivity contribution in [1.29, 1.82) is 0 Å². The van der Waals surface area contributed by atoms with E-state index in [2.05, 4.69) is 15.1 Å². The number of hydrogen-bond acceptors (Lipinski definition) is 4. The lowest BCUT2D eigenvalue weighted by Gasteiger charge is -2.45. The second-order valence-electron chi connectivity index (χ2n) is 7.94. The third-order valence-corrected chi connectivity index (χ3v) is 6.06. The molecule has 0 spiro atoms. The molecule has 27 heavy (non-hydrogen) atoms. The van der Waals surface area contributed by atoms with Gasteiger partial charge >= 0.3 is 5.97 Å². The lowest BCUT2D eigenvalue weighted by atomic mass is 9.84. The number of likely N-dealkylation sites (tertiary alicyclic amines) is 1. The van der Waals surface area contributed by atoms with Crippen molar-refractivity contribution < 1.29 is 14.3 Å². The van der Waals surface area contributed by atoms with E-state index in [-0.39, 0.29) is 12.4 Å². The van der Waals surface area contributed by atoms with Crippen molar-refractivity contribution in [2.24, 2.45) is 0 Å². The predicted molar refractivity (Wildman–Crippen MR) is 104 cm³/mol. The van der Waals surface area contributed by atoms with Crippen LogP contribution >= 0.6 is 0 Å². The summed E-state index contributed by atoms with van der Waals surface area (Å²) in [5.74, 6) is -0.907. The third kappa shape index (κ3) is 5.99. The van der Waals surface area contributed by atoms with Crippen molar-refractivity contribution in [3.05, 3.63) is 35.6 Å². The van der Waals surface area contributed by atoms with E-state index in [1.165, 1.54) is 17.7 Å². The Morgan fingerprint density at radius 1 is 1.22 bits per heavy atom. The molecule has 1 aliphatic carbocycles. The van der Waals surface area contributed by atoms with E-state index in [9.17, 15) is 9.18 Å². The number of piperidine rings is 1. The maximum atomic E-state index is 13.0. The van der Waals surface area contributed by atoms with Gasteiger partial charge in [0.05, 0.1) is 6.54 Å². The quantitative estimate of drug-likeness (QED) is 0.692. The number of halogens is 1. The van der Waals surface area contributed by atoms with Crippen molar-refractivity contribution in [2.75, 3.05) is 32.7 Å². The Labute approximate surface area is 161 Å². The highest BCUT2D eigenvalue weighted by atomic mass is 19.1. The summed E-state index contributed by atoms with van der Waals surface area (Å²) in [5, 5.41) is 12.8. The highest BCUT2D eigenvalue weighted by Gasteiger charge is 2.35. The lowest BCUT2D eigenvalue weighted by molar-refractivity contribution is -0.139. The summed E-state index contributed by atoms with van der Waals surface area (Å²) >= 11 is 0. The van der Waals surface area contributed by atoms with Crippen molar-refractivity contribution >= 4 is 5.97 Å². The highest BCUT2D eigenvalue weighted by Crippen LogP contribution is 2.27. The number of carbonyl (C=O) groups is 1. The number of nitrogens with one attached hydrogen (secondary N) is 1. The van der Waals surface area contributed by atoms with Crippen LogP contribution in [0.5, 0.6) is 0 Å². The van der Waals surface area contributed by atoms with E-state index < -0.39 is 5.97 Å². The number of carboxylic acid groups (broad SMARTS) is 1. The fourth-order valence-corrected chi connectivity index (χ4v) is 4.29. The van der Waals surface area contributed by atoms with Gasteiger partial charge in [-0.25, -0.2) is 4.39 Å². The molecule has 0 amide bonds. The minimum absolute atomic E-state index is 0.153. The summed E-state index contributed by atoms with van der Waals surface area (Å²) in [7, 11) is 0. The van der Waals surface area contributed by atoms with Crippen molar-refractivity contribution in [2.45, 2.75) is 57.2 Å². The molecule has 2 fully saturated rings. The first kappa shape index (κ1) is 20.2. The zero-order valence-electron chi connectivity index (χ0n) is 16.2. The van der Waals surface area contributed by atoms with Crippen LogP contribution in [-0.2, 0) is 11.2 Å². The van der Waals surface area contributed by atoms with Crippen LogP contribution in [0.15, 0.2) is 24.3 Å². The molecule has 1 saturated carbocycles. The van der Waals surface area contributed by atoms with Gasteiger partial charge in [0.1, 0.15) is 5.82 Å². The number of nitrogens with zero attached hydrogens (tertiary/aromatic N) is 2. The summed E-state index contributed by atoms with van der Waals surface area (Å²) in [6.45, 7) is 6.23. The van der Waals surface area contributed by atoms with Gasteiger partial charge < -0.3 is 15.3 Å². The maximum Gasteiger partial charge on any atom is 0.317 e. The number of rotatable bonds is 9. The SMILES string of the molecule is CCN(CC(=O)O)C1CC(NC2CCN(CCc3ccc(F)cc3)CC2)C1. The van der Waals surface area contributed by atoms with Crippen LogP contribution in [0.2, 0.25) is 0 Å². The Morgan fingerprint density at radius 2 is 1.89 bits per heavy atom. The van der Waals surface area contributed by atoms with Gasteiger partial charge in [-0.3, -0.25) is 9.69 Å². The summed E-state index contributed by atoms with van der Waals surface area (Å²) in [6.07, 6.45) is 5.42. The maximum absolute atomic E-state index is 13.0. The lowest BCUT2D eigenvalue weighted by Crippen LogP contribution is -2.57. The van der Waals surface area contributed by atoms with Crippen LogP contribution in [0.3, 0.4) is 0 Å². The van der Waals surface area contributed by atoms with Gasteiger partial charge in [-0.15, -0.1) is 0 Å². The molecule has 0 atom stereocenters. The number of hydrogen-bond donors (Lipinski definition) is 2. The Morgan fingerprint density at radius 3 is 2.48 bits per heavy atom. The van der Waals surface area contributed by atoms with E-state index in [4.69, 9.17) is 5.11 Å². The summed E-state index contributed by atoms with van der Waals surface area (Å²) in [4.78, 5) is 15.5. The molecule has 2 N–H and O–H groups in total. The molecule has 1 aliphatic heterocycles. The first-order valence-electron chi connectivity index (χ1n) is 10.2. The smallest absolute Gasteiger partial charge is 0.317 e. The molecule has 2 aliphatic rings. The standard InChI is InChI=1S/C21H32FN3O2/c1-2-25(15-21(26)27)20-13-19(14-20)23-18-8-11-24(12-9-18)10-7-16-3-5-17(22)6-4-16/h3-6,18-20,23H,2,7-15H2,1H3,(H,26,27). The molecular formula is C21H32FN3O2. The molecule has 1 saturated heterocycles. The van der Waals surface area contributed by atoms with Crippen molar-refractivity contribution in [3.63, 3.8) is 0 Å². The van der Waals surface area contributed by atoms with Crippen LogP contribution in [0.1, 0.15) is 38.2 Å². The topological polar surface area (TPSA) is 55.8 Å². The molecule has 1 heterocycles. The molecule has 150 valence electrons. The zero-order chi connectivity index (χ0) is 19.2. The molecule has 0 bridgehead atoms. The molecule has 1 aromatic carbocycles. The number of aliphatic carboxylic acids is 1. The minimum Gasteiger partial charge on any atom is -0.480 e. The van der Waals surface area contributed by atoms with Gasteiger partial charge in [0.25, 0.3) is 0 Å². The molecule has 0 aromatic heterocycles. The molecule has 1 aromatic rings. The van der Waals surface area contributed by atoms with Gasteiger partial charge in [-0.2, -0.15) is 0 Å². The first-order valence-corrected chi connectivity index (χ1v) is 10.2. The van der Waals surface area contributed by atoms with E-state index in [1.54, 1.807) is 0 Å². The third-order valence-electron chi connectivity index (χ3n) is 6.06. The second kappa shape index (κ2) is 9.62. The van der Waals surface area contributed by atoms with E-state index in [1.807, 2.05) is 19.1 Å². The Hall–Kier alpha value is -1.50. The summed E-state index contributed by atoms with van der Waals surface area (Å²) in [5.41, 5.74) is 1.19. The molecule has 6 heteroatoms. The van der Waals surface area contributed by atoms with E-state index >= 15 is 0 Å².